The first-order valence-corrected chi connectivity index (χ1v) is 7.93. The molecule has 26 heavy (non-hydrogen) atoms. The lowest BCUT2D eigenvalue weighted by atomic mass is 10.1. The minimum absolute atomic E-state index is 0.293. The van der Waals surface area contributed by atoms with Crippen LogP contribution in [-0.2, 0) is 7.05 Å². The molecule has 0 aliphatic rings. The summed E-state index contributed by atoms with van der Waals surface area (Å²) < 4.78 is 6.98. The van der Waals surface area contributed by atoms with Gasteiger partial charge in [0.1, 0.15) is 16.8 Å². The standard InChI is InChI=1S/C18H16N6O2/c1-24-10-12(9-20-24)17(25)23-18-21-15-13(11-4-3-7-19-8-11)5-6-14(26-2)16(15)22-18/h3-10H,1-2H3,(H2,21,22,23,25). The Morgan fingerprint density at radius 2 is 2.15 bits per heavy atom. The molecule has 0 aliphatic carbocycles. The van der Waals surface area contributed by atoms with Crippen molar-refractivity contribution in [3.8, 4) is 16.9 Å². The molecule has 0 spiro atoms. The van der Waals surface area contributed by atoms with Gasteiger partial charge in [0.05, 0.1) is 18.9 Å². The molecule has 1 aromatic carbocycles. The van der Waals surface area contributed by atoms with Gasteiger partial charge in [-0.2, -0.15) is 5.10 Å². The molecule has 4 aromatic rings. The first kappa shape index (κ1) is 15.8. The third kappa shape index (κ3) is 2.77. The summed E-state index contributed by atoms with van der Waals surface area (Å²) in [5.41, 5.74) is 3.67. The molecule has 4 rings (SSSR count). The number of carbonyl (C=O) groups is 1. The SMILES string of the molecule is COc1ccc(-c2cccnc2)c2nc(NC(=O)c3cnn(C)c3)[nH]c12. The number of aryl methyl sites for hydroxylation is 1. The number of pyridine rings is 1. The van der Waals surface area contributed by atoms with E-state index in [9.17, 15) is 4.79 Å². The number of rotatable bonds is 4. The number of hydrogen-bond donors (Lipinski definition) is 2. The number of fused-ring (bicyclic) bond motifs is 1. The van der Waals surface area contributed by atoms with Crippen LogP contribution in [0.25, 0.3) is 22.2 Å². The summed E-state index contributed by atoms with van der Waals surface area (Å²) in [6, 6.07) is 7.60. The Balaban J connectivity index is 1.76. The van der Waals surface area contributed by atoms with Crippen molar-refractivity contribution in [2.75, 3.05) is 12.4 Å². The highest BCUT2D eigenvalue weighted by Gasteiger charge is 2.16. The van der Waals surface area contributed by atoms with Crippen molar-refractivity contribution in [3.05, 3.63) is 54.6 Å². The third-order valence-electron chi connectivity index (χ3n) is 4.00. The van der Waals surface area contributed by atoms with Gasteiger partial charge in [-0.25, -0.2) is 4.98 Å². The molecule has 2 N–H and O–H groups in total. The van der Waals surface area contributed by atoms with Crippen LogP contribution >= 0.6 is 0 Å². The molecular formula is C18H16N6O2. The molecule has 8 heteroatoms. The van der Waals surface area contributed by atoms with Gasteiger partial charge in [0.2, 0.25) is 5.95 Å². The Bertz CT molecular complexity index is 1080. The van der Waals surface area contributed by atoms with Gasteiger partial charge in [-0.15, -0.1) is 0 Å². The molecule has 0 saturated heterocycles. The second kappa shape index (κ2) is 6.32. The summed E-state index contributed by atoms with van der Waals surface area (Å²) in [5.74, 6) is 0.685. The Kier molecular flexibility index (Phi) is 3.85. The van der Waals surface area contributed by atoms with Crippen LogP contribution in [-0.4, -0.2) is 37.7 Å². The average Bonchev–Trinajstić information content (AvgIpc) is 3.27. The van der Waals surface area contributed by atoms with Crippen LogP contribution in [0, 0.1) is 0 Å². The highest BCUT2D eigenvalue weighted by molar-refractivity contribution is 6.04. The maximum atomic E-state index is 12.3. The molecule has 0 saturated carbocycles. The number of carbonyl (C=O) groups excluding carboxylic acids is 1. The number of methoxy groups -OCH3 is 1. The van der Waals surface area contributed by atoms with E-state index < -0.39 is 0 Å². The summed E-state index contributed by atoms with van der Waals surface area (Å²) in [6.07, 6.45) is 6.62. The zero-order valence-electron chi connectivity index (χ0n) is 14.2. The van der Waals surface area contributed by atoms with E-state index >= 15 is 0 Å². The van der Waals surface area contributed by atoms with Crippen LogP contribution in [0.5, 0.6) is 5.75 Å². The van der Waals surface area contributed by atoms with Crippen LogP contribution in [0.1, 0.15) is 10.4 Å². The first-order chi connectivity index (χ1) is 12.7. The van der Waals surface area contributed by atoms with E-state index in [1.165, 1.54) is 6.20 Å². The molecule has 8 nitrogen and oxygen atoms in total. The van der Waals surface area contributed by atoms with Gasteiger partial charge in [-0.05, 0) is 18.2 Å². The number of anilines is 1. The van der Waals surface area contributed by atoms with Gasteiger partial charge in [0.15, 0.2) is 0 Å². The summed E-state index contributed by atoms with van der Waals surface area (Å²) in [7, 11) is 3.34. The predicted molar refractivity (Wildman–Crippen MR) is 97.0 cm³/mol. The van der Waals surface area contributed by atoms with Crippen LogP contribution in [0.3, 0.4) is 0 Å². The molecular weight excluding hydrogens is 332 g/mol. The molecule has 130 valence electrons. The maximum Gasteiger partial charge on any atom is 0.261 e. The topological polar surface area (TPSA) is 97.7 Å². The third-order valence-corrected chi connectivity index (χ3v) is 4.00. The normalized spacial score (nSPS) is 10.8. The second-order valence-corrected chi connectivity index (χ2v) is 5.72. The minimum Gasteiger partial charge on any atom is -0.494 e. The Labute approximate surface area is 148 Å². The number of nitrogens with one attached hydrogen (secondary N) is 2. The van der Waals surface area contributed by atoms with Crippen molar-refractivity contribution in [2.24, 2.45) is 7.05 Å². The summed E-state index contributed by atoms with van der Waals surface area (Å²) >= 11 is 0. The van der Waals surface area contributed by atoms with E-state index in [-0.39, 0.29) is 5.91 Å². The van der Waals surface area contributed by atoms with E-state index in [2.05, 4.69) is 25.4 Å². The number of aromatic nitrogens is 5. The van der Waals surface area contributed by atoms with Gasteiger partial charge in [-0.1, -0.05) is 6.07 Å². The van der Waals surface area contributed by atoms with Crippen molar-refractivity contribution < 1.29 is 9.53 Å². The maximum absolute atomic E-state index is 12.3. The van der Waals surface area contributed by atoms with Gasteiger partial charge in [0.25, 0.3) is 5.91 Å². The quantitative estimate of drug-likeness (QED) is 0.591. The van der Waals surface area contributed by atoms with E-state index in [0.29, 0.717) is 28.3 Å². The molecule has 3 aromatic heterocycles. The highest BCUT2D eigenvalue weighted by Crippen LogP contribution is 2.33. The summed E-state index contributed by atoms with van der Waals surface area (Å²) in [5, 5.41) is 6.76. The monoisotopic (exact) mass is 348 g/mol. The van der Waals surface area contributed by atoms with Crippen LogP contribution in [0.4, 0.5) is 5.95 Å². The van der Waals surface area contributed by atoms with Crippen molar-refractivity contribution in [2.45, 2.75) is 0 Å². The van der Waals surface area contributed by atoms with E-state index in [1.54, 1.807) is 37.4 Å². The second-order valence-electron chi connectivity index (χ2n) is 5.72. The van der Waals surface area contributed by atoms with Gasteiger partial charge in [0, 0.05) is 36.8 Å². The largest absolute Gasteiger partial charge is 0.494 e. The fraction of sp³-hybridized carbons (Fsp3) is 0.111. The van der Waals surface area contributed by atoms with Crippen LogP contribution in [0.2, 0.25) is 0 Å². The zero-order chi connectivity index (χ0) is 18.1. The van der Waals surface area contributed by atoms with Crippen LogP contribution in [0.15, 0.2) is 49.1 Å². The molecule has 0 unspecified atom stereocenters. The van der Waals surface area contributed by atoms with Crippen LogP contribution < -0.4 is 10.1 Å². The summed E-state index contributed by atoms with van der Waals surface area (Å²) in [4.78, 5) is 24.2. The fourth-order valence-corrected chi connectivity index (χ4v) is 2.77. The minimum atomic E-state index is -0.293. The van der Waals surface area contributed by atoms with E-state index in [4.69, 9.17) is 4.74 Å². The highest BCUT2D eigenvalue weighted by atomic mass is 16.5. The number of nitrogens with zero attached hydrogens (tertiary/aromatic N) is 4. The summed E-state index contributed by atoms with van der Waals surface area (Å²) in [6.45, 7) is 0. The fourth-order valence-electron chi connectivity index (χ4n) is 2.77. The molecule has 0 radical (unpaired) electrons. The zero-order valence-corrected chi connectivity index (χ0v) is 14.2. The van der Waals surface area contributed by atoms with Crippen molar-refractivity contribution in [1.82, 2.24) is 24.7 Å². The first-order valence-electron chi connectivity index (χ1n) is 7.93. The number of H-pyrrole nitrogens is 1. The number of benzene rings is 1. The van der Waals surface area contributed by atoms with Crippen molar-refractivity contribution in [3.63, 3.8) is 0 Å². The smallest absolute Gasteiger partial charge is 0.261 e. The number of hydrogen-bond acceptors (Lipinski definition) is 5. The van der Waals surface area contributed by atoms with Gasteiger partial charge < -0.3 is 9.72 Å². The van der Waals surface area contributed by atoms with Gasteiger partial charge in [-0.3, -0.25) is 19.8 Å². The molecule has 0 bridgehead atoms. The van der Waals surface area contributed by atoms with E-state index in [0.717, 1.165) is 11.1 Å². The number of aromatic amines is 1. The lowest BCUT2D eigenvalue weighted by Gasteiger charge is -2.05. The van der Waals surface area contributed by atoms with Crippen molar-refractivity contribution in [1.29, 1.82) is 0 Å². The molecule has 0 fully saturated rings. The lowest BCUT2D eigenvalue weighted by Crippen LogP contribution is -2.12. The molecule has 1 amide bonds. The number of ether oxygens (including phenoxy) is 1. The molecule has 0 atom stereocenters. The number of imidazole rings is 1. The lowest BCUT2D eigenvalue weighted by molar-refractivity contribution is 0.102. The number of amides is 1. The Hall–Kier alpha value is -3.68. The van der Waals surface area contributed by atoms with Gasteiger partial charge >= 0.3 is 0 Å². The van der Waals surface area contributed by atoms with Crippen molar-refractivity contribution >= 4 is 22.9 Å². The molecule has 3 heterocycles. The average molecular weight is 348 g/mol. The van der Waals surface area contributed by atoms with E-state index in [1.807, 2.05) is 24.3 Å². The predicted octanol–water partition coefficient (Wildman–Crippen LogP) is 2.62. The molecule has 0 aliphatic heterocycles. The Morgan fingerprint density at radius 3 is 2.85 bits per heavy atom. The Morgan fingerprint density at radius 1 is 1.27 bits per heavy atom.